The average molecular weight is 312 g/mol. The molecule has 4 nitrogen and oxygen atoms in total. The van der Waals surface area contributed by atoms with Gasteiger partial charge >= 0.3 is 0 Å². The van der Waals surface area contributed by atoms with Crippen molar-refractivity contribution in [2.24, 2.45) is 0 Å². The Balaban J connectivity index is 1.70. The Morgan fingerprint density at radius 1 is 1.19 bits per heavy atom. The lowest BCUT2D eigenvalue weighted by Crippen LogP contribution is -2.34. The smallest absolute Gasteiger partial charge is 0.152 e. The quantitative estimate of drug-likeness (QED) is 0.931. The summed E-state index contributed by atoms with van der Waals surface area (Å²) in [6.07, 6.45) is 3.71. The van der Waals surface area contributed by atoms with E-state index in [0.717, 1.165) is 32.4 Å². The van der Waals surface area contributed by atoms with E-state index in [1.165, 1.54) is 6.07 Å². The maximum atomic E-state index is 14.2. The van der Waals surface area contributed by atoms with E-state index < -0.39 is 9.84 Å². The number of anilines is 2. The SMILES string of the molecule is O=S1(=O)CCCC(Nc2ccc(N3CCCC3)c(F)c2)C1. The van der Waals surface area contributed by atoms with Gasteiger partial charge in [-0.3, -0.25) is 0 Å². The second-order valence-electron chi connectivity index (χ2n) is 5.96. The van der Waals surface area contributed by atoms with E-state index >= 15 is 0 Å². The van der Waals surface area contributed by atoms with Gasteiger partial charge < -0.3 is 10.2 Å². The van der Waals surface area contributed by atoms with E-state index in [9.17, 15) is 12.8 Å². The Bertz CT molecular complexity index is 612. The van der Waals surface area contributed by atoms with Gasteiger partial charge in [-0.1, -0.05) is 0 Å². The van der Waals surface area contributed by atoms with Crippen LogP contribution < -0.4 is 10.2 Å². The highest BCUT2D eigenvalue weighted by atomic mass is 32.2. The predicted molar refractivity (Wildman–Crippen MR) is 83.1 cm³/mol. The van der Waals surface area contributed by atoms with Crippen molar-refractivity contribution >= 4 is 21.2 Å². The summed E-state index contributed by atoms with van der Waals surface area (Å²) in [6, 6.07) is 5.01. The van der Waals surface area contributed by atoms with Crippen LogP contribution in [0.2, 0.25) is 0 Å². The Morgan fingerprint density at radius 3 is 2.62 bits per heavy atom. The molecule has 0 aliphatic carbocycles. The number of halogens is 1. The van der Waals surface area contributed by atoms with Gasteiger partial charge in [-0.2, -0.15) is 0 Å². The fourth-order valence-electron chi connectivity index (χ4n) is 3.18. The minimum atomic E-state index is -2.95. The van der Waals surface area contributed by atoms with Crippen molar-refractivity contribution in [3.8, 4) is 0 Å². The first-order valence-electron chi connectivity index (χ1n) is 7.55. The lowest BCUT2D eigenvalue weighted by atomic mass is 10.1. The van der Waals surface area contributed by atoms with E-state index in [-0.39, 0.29) is 23.4 Å². The zero-order valence-corrected chi connectivity index (χ0v) is 12.8. The molecule has 1 unspecified atom stereocenters. The van der Waals surface area contributed by atoms with Gasteiger partial charge in [-0.05, 0) is 43.9 Å². The average Bonchev–Trinajstić information content (AvgIpc) is 2.91. The van der Waals surface area contributed by atoms with Crippen molar-refractivity contribution in [3.63, 3.8) is 0 Å². The van der Waals surface area contributed by atoms with Crippen LogP contribution in [0.4, 0.5) is 15.8 Å². The topological polar surface area (TPSA) is 49.4 Å². The molecule has 2 aliphatic heterocycles. The normalized spacial score (nSPS) is 25.0. The summed E-state index contributed by atoms with van der Waals surface area (Å²) < 4.78 is 37.5. The minimum Gasteiger partial charge on any atom is -0.381 e. The standard InChI is InChI=1S/C15H21FN2O2S/c16-14-10-12(5-6-15(14)18-7-1-2-8-18)17-13-4-3-9-21(19,20)11-13/h5-6,10,13,17H,1-4,7-9,11H2. The number of hydrogen-bond donors (Lipinski definition) is 1. The fraction of sp³-hybridized carbons (Fsp3) is 0.600. The van der Waals surface area contributed by atoms with Crippen LogP contribution in [0.25, 0.3) is 0 Å². The maximum Gasteiger partial charge on any atom is 0.152 e. The molecule has 3 rings (SSSR count). The van der Waals surface area contributed by atoms with E-state index in [4.69, 9.17) is 0 Å². The van der Waals surface area contributed by atoms with Gasteiger partial charge in [0.2, 0.25) is 0 Å². The molecule has 2 fully saturated rings. The van der Waals surface area contributed by atoms with Gasteiger partial charge in [0, 0.05) is 24.8 Å². The largest absolute Gasteiger partial charge is 0.381 e. The molecule has 2 heterocycles. The molecule has 0 bridgehead atoms. The van der Waals surface area contributed by atoms with Gasteiger partial charge in [-0.25, -0.2) is 12.8 Å². The summed E-state index contributed by atoms with van der Waals surface area (Å²) in [4.78, 5) is 2.06. The van der Waals surface area contributed by atoms with Crippen molar-refractivity contribution in [3.05, 3.63) is 24.0 Å². The van der Waals surface area contributed by atoms with Crippen molar-refractivity contribution in [1.29, 1.82) is 0 Å². The lowest BCUT2D eigenvalue weighted by Gasteiger charge is -2.25. The van der Waals surface area contributed by atoms with Crippen LogP contribution in [-0.2, 0) is 9.84 Å². The number of nitrogens with zero attached hydrogens (tertiary/aromatic N) is 1. The first-order chi connectivity index (χ1) is 10.0. The van der Waals surface area contributed by atoms with Crippen LogP contribution in [0.5, 0.6) is 0 Å². The van der Waals surface area contributed by atoms with Crippen LogP contribution in [0, 0.1) is 5.82 Å². The number of nitrogens with one attached hydrogen (secondary N) is 1. The molecule has 0 aromatic heterocycles. The third-order valence-electron chi connectivity index (χ3n) is 4.23. The molecule has 1 aromatic rings. The first kappa shape index (κ1) is 14.6. The van der Waals surface area contributed by atoms with Crippen LogP contribution in [0.15, 0.2) is 18.2 Å². The van der Waals surface area contributed by atoms with Crippen molar-refractivity contribution < 1.29 is 12.8 Å². The highest BCUT2D eigenvalue weighted by molar-refractivity contribution is 7.91. The summed E-state index contributed by atoms with van der Waals surface area (Å²) in [5.41, 5.74) is 1.31. The van der Waals surface area contributed by atoms with Crippen molar-refractivity contribution in [1.82, 2.24) is 0 Å². The number of hydrogen-bond acceptors (Lipinski definition) is 4. The monoisotopic (exact) mass is 312 g/mol. The molecular weight excluding hydrogens is 291 g/mol. The summed E-state index contributed by atoms with van der Waals surface area (Å²) in [5.74, 6) is 0.177. The Labute approximate surface area is 125 Å². The summed E-state index contributed by atoms with van der Waals surface area (Å²) in [6.45, 7) is 1.81. The van der Waals surface area contributed by atoms with Gasteiger partial charge in [0.25, 0.3) is 0 Å². The van der Waals surface area contributed by atoms with E-state index in [0.29, 0.717) is 17.8 Å². The molecule has 0 amide bonds. The van der Waals surface area contributed by atoms with Crippen molar-refractivity contribution in [2.45, 2.75) is 31.7 Å². The van der Waals surface area contributed by atoms with E-state index in [1.807, 2.05) is 6.07 Å². The molecule has 1 N–H and O–H groups in total. The molecule has 1 atom stereocenters. The summed E-state index contributed by atoms with van der Waals surface area (Å²) >= 11 is 0. The summed E-state index contributed by atoms with van der Waals surface area (Å²) in [7, 11) is -2.95. The predicted octanol–water partition coefficient (Wildman–Crippen LogP) is 2.42. The Hall–Kier alpha value is -1.30. The Morgan fingerprint density at radius 2 is 1.95 bits per heavy atom. The molecule has 21 heavy (non-hydrogen) atoms. The van der Waals surface area contributed by atoms with Gasteiger partial charge in [0.1, 0.15) is 5.82 Å². The number of sulfone groups is 1. The Kier molecular flexibility index (Phi) is 4.06. The molecule has 0 saturated carbocycles. The van der Waals surface area contributed by atoms with Crippen LogP contribution in [0.3, 0.4) is 0 Å². The van der Waals surface area contributed by atoms with Crippen molar-refractivity contribution in [2.75, 3.05) is 34.8 Å². The lowest BCUT2D eigenvalue weighted by molar-refractivity contribution is 0.562. The van der Waals surface area contributed by atoms with E-state index in [1.54, 1.807) is 6.07 Å². The highest BCUT2D eigenvalue weighted by Gasteiger charge is 2.25. The maximum absolute atomic E-state index is 14.2. The molecule has 0 radical (unpaired) electrons. The van der Waals surface area contributed by atoms with Crippen LogP contribution in [0.1, 0.15) is 25.7 Å². The minimum absolute atomic E-state index is 0.110. The molecule has 6 heteroatoms. The number of benzene rings is 1. The second-order valence-corrected chi connectivity index (χ2v) is 8.19. The summed E-state index contributed by atoms with van der Waals surface area (Å²) in [5, 5.41) is 3.16. The van der Waals surface area contributed by atoms with E-state index in [2.05, 4.69) is 10.2 Å². The fourth-order valence-corrected chi connectivity index (χ4v) is 4.82. The zero-order valence-electron chi connectivity index (χ0n) is 12.0. The molecule has 2 saturated heterocycles. The van der Waals surface area contributed by atoms with Gasteiger partial charge in [0.05, 0.1) is 17.2 Å². The van der Waals surface area contributed by atoms with Crippen LogP contribution >= 0.6 is 0 Å². The first-order valence-corrected chi connectivity index (χ1v) is 9.37. The number of rotatable bonds is 3. The third kappa shape index (κ3) is 3.48. The van der Waals surface area contributed by atoms with Crippen LogP contribution in [-0.4, -0.2) is 39.1 Å². The highest BCUT2D eigenvalue weighted by Crippen LogP contribution is 2.27. The third-order valence-corrected chi connectivity index (χ3v) is 6.05. The molecule has 116 valence electrons. The molecule has 0 spiro atoms. The second kappa shape index (κ2) is 5.83. The van der Waals surface area contributed by atoms with Gasteiger partial charge in [-0.15, -0.1) is 0 Å². The zero-order chi connectivity index (χ0) is 14.9. The molecule has 1 aromatic carbocycles. The molecular formula is C15H21FN2O2S. The van der Waals surface area contributed by atoms with Gasteiger partial charge in [0.15, 0.2) is 9.84 Å². The molecule has 2 aliphatic rings.